The number of fused-ring (bicyclic) bond motifs is 6. The predicted molar refractivity (Wildman–Crippen MR) is 152 cm³/mol. The number of aromatic nitrogens is 2. The molecule has 232 valence electrons. The molecule has 2 atom stereocenters. The van der Waals surface area contributed by atoms with E-state index in [-0.39, 0.29) is 37.0 Å². The maximum atomic E-state index is 14.3. The number of H-pyrrole nitrogens is 1. The average molecular weight is 633 g/mol. The zero-order valence-corrected chi connectivity index (χ0v) is 24.3. The number of hydrogen-bond donors (Lipinski definition) is 2. The number of piperidine rings is 1. The topological polar surface area (TPSA) is 102 Å². The molecule has 4 aliphatic rings. The van der Waals surface area contributed by atoms with Gasteiger partial charge in [-0.1, -0.05) is 23.7 Å². The molecule has 9 nitrogen and oxygen atoms in total. The molecule has 1 saturated carbocycles. The Kier molecular flexibility index (Phi) is 6.79. The molecular formula is C30H29ClF4N6O3. The lowest BCUT2D eigenvalue weighted by atomic mass is 9.91. The number of carbonyl (C=O) groups excluding carboxylic acids is 3. The number of carbonyl (C=O) groups is 3. The smallest absolute Gasteiger partial charge is 0.343 e. The third-order valence-electron chi connectivity index (χ3n) is 9.66. The number of amides is 4. The summed E-state index contributed by atoms with van der Waals surface area (Å²) < 4.78 is 55.2. The van der Waals surface area contributed by atoms with Gasteiger partial charge in [0, 0.05) is 49.9 Å². The van der Waals surface area contributed by atoms with E-state index in [4.69, 9.17) is 11.6 Å². The van der Waals surface area contributed by atoms with Crippen LogP contribution < -0.4 is 5.32 Å². The highest BCUT2D eigenvalue weighted by Crippen LogP contribution is 2.65. The molecule has 1 unspecified atom stereocenters. The van der Waals surface area contributed by atoms with Crippen LogP contribution in [-0.4, -0.2) is 81.1 Å². The van der Waals surface area contributed by atoms with Crippen molar-refractivity contribution in [3.05, 3.63) is 58.0 Å². The van der Waals surface area contributed by atoms with Crippen LogP contribution >= 0.6 is 11.6 Å². The van der Waals surface area contributed by atoms with Gasteiger partial charge in [-0.3, -0.25) is 14.7 Å². The Bertz CT molecular complexity index is 1690. The zero-order chi connectivity index (χ0) is 31.0. The fraction of sp³-hybridized carbons (Fsp3) is 0.467. The zero-order valence-electron chi connectivity index (χ0n) is 23.5. The summed E-state index contributed by atoms with van der Waals surface area (Å²) in [7, 11) is 0. The van der Waals surface area contributed by atoms with E-state index in [1.54, 1.807) is 28.0 Å². The van der Waals surface area contributed by atoms with E-state index in [0.717, 1.165) is 10.5 Å². The minimum Gasteiger partial charge on any atom is -0.343 e. The molecule has 0 spiro atoms. The summed E-state index contributed by atoms with van der Waals surface area (Å²) in [4.78, 5) is 44.5. The molecule has 0 bridgehead atoms. The van der Waals surface area contributed by atoms with Crippen molar-refractivity contribution in [2.75, 3.05) is 31.5 Å². The molecule has 3 aromatic rings. The molecule has 4 amide bonds. The fourth-order valence-electron chi connectivity index (χ4n) is 7.37. The van der Waals surface area contributed by atoms with Crippen LogP contribution in [0, 0.1) is 11.2 Å². The molecule has 7 rings (SSSR count). The summed E-state index contributed by atoms with van der Waals surface area (Å²) in [6.45, 7) is -0.625. The number of halogens is 5. The first-order valence-electron chi connectivity index (χ1n) is 14.6. The summed E-state index contributed by atoms with van der Waals surface area (Å²) in [6, 6.07) is 5.81. The van der Waals surface area contributed by atoms with Gasteiger partial charge in [-0.25, -0.2) is 9.18 Å². The molecular weight excluding hydrogens is 604 g/mol. The normalized spacial score (nSPS) is 23.9. The van der Waals surface area contributed by atoms with Gasteiger partial charge in [0.15, 0.2) is 0 Å². The highest BCUT2D eigenvalue weighted by Gasteiger charge is 2.65. The number of rotatable bonds is 4. The highest BCUT2D eigenvalue weighted by atomic mass is 35.5. The van der Waals surface area contributed by atoms with Gasteiger partial charge < -0.3 is 20.0 Å². The van der Waals surface area contributed by atoms with Crippen LogP contribution in [0.25, 0.3) is 10.9 Å². The highest BCUT2D eigenvalue weighted by molar-refractivity contribution is 6.35. The number of anilines is 1. The second-order valence-corrected chi connectivity index (χ2v) is 12.6. The van der Waals surface area contributed by atoms with Gasteiger partial charge in [-0.05, 0) is 54.5 Å². The Hall–Kier alpha value is -3.87. The standard InChI is InChI=1S/C30H29ClF4N6O3/c31-22-10-18-20(19-13-36-38-26(19)22)14-40(15-30(33,34)35)27(43)29(11-21(18)29)12-24(42)39-7-5-17(6-8-39)41-9-4-16-2-1-3-23(32)25(16)37-28(41)44/h1-3,10,13,17,21H,4-9,11-12,14-15H2,(H,36,38)(H,37,44)/t21-,29?/m1/s1. The van der Waals surface area contributed by atoms with Crippen molar-refractivity contribution in [2.24, 2.45) is 5.41 Å². The van der Waals surface area contributed by atoms with Gasteiger partial charge >= 0.3 is 12.2 Å². The number of para-hydroxylation sites is 1. The quantitative estimate of drug-likeness (QED) is 0.386. The molecule has 3 aliphatic heterocycles. The number of nitrogens with one attached hydrogen (secondary N) is 2. The van der Waals surface area contributed by atoms with Crippen molar-refractivity contribution in [2.45, 2.75) is 56.8 Å². The van der Waals surface area contributed by atoms with E-state index < -0.39 is 41.8 Å². The molecule has 1 aliphatic carbocycles. The van der Waals surface area contributed by atoms with Crippen LogP contribution in [0.4, 0.5) is 28.0 Å². The van der Waals surface area contributed by atoms with Crippen LogP contribution in [0.15, 0.2) is 30.5 Å². The van der Waals surface area contributed by atoms with E-state index >= 15 is 0 Å². The van der Waals surface area contributed by atoms with E-state index in [9.17, 15) is 31.9 Å². The first-order chi connectivity index (χ1) is 20.9. The monoisotopic (exact) mass is 632 g/mol. The SMILES string of the molecule is O=C(CC12C[C@@H]1c1cc(Cl)c3[nH]ncc3c1CN(CC(F)(F)F)C2=O)N1CCC(N2CCc3cccc(F)c3NC2=O)CC1. The lowest BCUT2D eigenvalue weighted by Crippen LogP contribution is -2.50. The van der Waals surface area contributed by atoms with E-state index in [1.165, 1.54) is 12.3 Å². The van der Waals surface area contributed by atoms with Gasteiger partial charge in [0.1, 0.15) is 12.4 Å². The van der Waals surface area contributed by atoms with Crippen molar-refractivity contribution in [1.82, 2.24) is 24.9 Å². The second-order valence-electron chi connectivity index (χ2n) is 12.2. The first kappa shape index (κ1) is 28.9. The summed E-state index contributed by atoms with van der Waals surface area (Å²) in [5.41, 5.74) is 1.35. The van der Waals surface area contributed by atoms with E-state index in [0.29, 0.717) is 65.9 Å². The van der Waals surface area contributed by atoms with Gasteiger partial charge in [0.25, 0.3) is 0 Å². The van der Waals surface area contributed by atoms with Gasteiger partial charge in [-0.15, -0.1) is 0 Å². The average Bonchev–Trinajstić information content (AvgIpc) is 3.54. The van der Waals surface area contributed by atoms with Crippen LogP contribution in [0.1, 0.15) is 48.3 Å². The van der Waals surface area contributed by atoms with Gasteiger partial charge in [0.2, 0.25) is 11.8 Å². The maximum Gasteiger partial charge on any atom is 0.406 e. The van der Waals surface area contributed by atoms with Crippen molar-refractivity contribution in [3.8, 4) is 0 Å². The Morgan fingerprint density at radius 3 is 2.68 bits per heavy atom. The molecule has 1 saturated heterocycles. The Morgan fingerprint density at radius 1 is 1.16 bits per heavy atom. The molecule has 4 heterocycles. The predicted octanol–water partition coefficient (Wildman–Crippen LogP) is 5.20. The third kappa shape index (κ3) is 4.85. The first-order valence-corrected chi connectivity index (χ1v) is 15.0. The lowest BCUT2D eigenvalue weighted by Gasteiger charge is -2.38. The van der Waals surface area contributed by atoms with Crippen LogP contribution in [-0.2, 0) is 22.6 Å². The van der Waals surface area contributed by atoms with Gasteiger partial charge in [-0.2, -0.15) is 18.3 Å². The minimum atomic E-state index is -4.62. The number of benzene rings is 2. The van der Waals surface area contributed by atoms with Gasteiger partial charge in [0.05, 0.1) is 27.8 Å². The lowest BCUT2D eigenvalue weighted by molar-refractivity contribution is -0.166. The minimum absolute atomic E-state index is 0.170. The molecule has 2 aromatic carbocycles. The van der Waals surface area contributed by atoms with E-state index in [2.05, 4.69) is 15.5 Å². The number of likely N-dealkylation sites (tertiary alicyclic amines) is 1. The Labute approximate surface area is 254 Å². The fourth-order valence-corrected chi connectivity index (χ4v) is 7.63. The van der Waals surface area contributed by atoms with Crippen molar-refractivity contribution in [1.29, 1.82) is 0 Å². The van der Waals surface area contributed by atoms with Crippen molar-refractivity contribution >= 4 is 46.0 Å². The molecule has 44 heavy (non-hydrogen) atoms. The number of alkyl halides is 3. The van der Waals surface area contributed by atoms with E-state index in [1.807, 2.05) is 0 Å². The second kappa shape index (κ2) is 10.4. The largest absolute Gasteiger partial charge is 0.406 e. The molecule has 2 N–H and O–H groups in total. The summed E-state index contributed by atoms with van der Waals surface area (Å²) in [5, 5.41) is 10.4. The molecule has 14 heteroatoms. The molecule has 2 fully saturated rings. The summed E-state index contributed by atoms with van der Waals surface area (Å²) >= 11 is 6.48. The molecule has 0 radical (unpaired) electrons. The van der Waals surface area contributed by atoms with Crippen molar-refractivity contribution < 1.29 is 31.9 Å². The third-order valence-corrected chi connectivity index (χ3v) is 9.95. The van der Waals surface area contributed by atoms with Crippen LogP contribution in [0.2, 0.25) is 5.02 Å². The Morgan fingerprint density at radius 2 is 1.93 bits per heavy atom. The number of aromatic amines is 1. The number of hydrogen-bond acceptors (Lipinski definition) is 4. The number of urea groups is 1. The Balaban J connectivity index is 1.08. The van der Waals surface area contributed by atoms with Crippen molar-refractivity contribution in [3.63, 3.8) is 0 Å². The summed E-state index contributed by atoms with van der Waals surface area (Å²) in [6.07, 6.45) is -1.62. The maximum absolute atomic E-state index is 14.3. The molecule has 1 aromatic heterocycles. The van der Waals surface area contributed by atoms with Crippen LogP contribution in [0.3, 0.4) is 0 Å². The summed E-state index contributed by atoms with van der Waals surface area (Å²) in [5.74, 6) is -1.92. The number of nitrogens with zero attached hydrogens (tertiary/aromatic N) is 4. The van der Waals surface area contributed by atoms with Crippen LogP contribution in [0.5, 0.6) is 0 Å².